The molecular weight excluding hydrogens is 251 g/mol. The first-order chi connectivity index (χ1) is 8.91. The fourth-order valence-corrected chi connectivity index (χ4v) is 2.50. The molecule has 1 aromatic carbocycles. The van der Waals surface area contributed by atoms with Crippen LogP contribution < -0.4 is 5.32 Å². The molecule has 1 fully saturated rings. The molecule has 1 nitrogen and oxygen atoms in total. The van der Waals surface area contributed by atoms with Crippen molar-refractivity contribution in [3.63, 3.8) is 0 Å². The number of halogens is 3. The van der Waals surface area contributed by atoms with Crippen molar-refractivity contribution in [2.75, 3.05) is 6.54 Å². The number of aryl methyl sites for hydroxylation is 1. The van der Waals surface area contributed by atoms with Crippen molar-refractivity contribution in [3.8, 4) is 0 Å². The Labute approximate surface area is 112 Å². The number of hydrogen-bond donors (Lipinski definition) is 1. The second-order valence-electron chi connectivity index (χ2n) is 5.36. The van der Waals surface area contributed by atoms with Crippen molar-refractivity contribution in [2.24, 2.45) is 5.92 Å². The summed E-state index contributed by atoms with van der Waals surface area (Å²) in [5.74, 6) is 0.741. The quantitative estimate of drug-likeness (QED) is 0.833. The minimum Gasteiger partial charge on any atom is -0.310 e. The summed E-state index contributed by atoms with van der Waals surface area (Å²) in [6, 6.07) is 4.26. The summed E-state index contributed by atoms with van der Waals surface area (Å²) in [6.45, 7) is 4.62. The molecular formula is C15H20F3N. The predicted octanol–water partition coefficient (Wildman–Crippen LogP) is 4.46. The highest BCUT2D eigenvalue weighted by molar-refractivity contribution is 5.34. The van der Waals surface area contributed by atoms with Gasteiger partial charge in [-0.05, 0) is 49.1 Å². The molecule has 0 spiro atoms. The van der Waals surface area contributed by atoms with Crippen LogP contribution in [0.5, 0.6) is 0 Å². The summed E-state index contributed by atoms with van der Waals surface area (Å²) in [4.78, 5) is 0. The fraction of sp³-hybridized carbons (Fsp3) is 0.600. The summed E-state index contributed by atoms with van der Waals surface area (Å²) in [5, 5.41) is 3.39. The Morgan fingerprint density at radius 1 is 1.32 bits per heavy atom. The van der Waals surface area contributed by atoms with Crippen molar-refractivity contribution in [3.05, 3.63) is 34.9 Å². The van der Waals surface area contributed by atoms with Gasteiger partial charge in [0.1, 0.15) is 0 Å². The first kappa shape index (κ1) is 14.4. The van der Waals surface area contributed by atoms with Gasteiger partial charge in [-0.1, -0.05) is 25.8 Å². The minimum atomic E-state index is -4.26. The molecule has 0 saturated heterocycles. The molecule has 0 radical (unpaired) electrons. The van der Waals surface area contributed by atoms with Gasteiger partial charge in [0, 0.05) is 6.04 Å². The monoisotopic (exact) mass is 271 g/mol. The molecule has 1 atom stereocenters. The molecule has 19 heavy (non-hydrogen) atoms. The molecule has 1 aliphatic rings. The zero-order chi connectivity index (χ0) is 14.0. The molecule has 0 aliphatic heterocycles. The number of hydrogen-bond acceptors (Lipinski definition) is 1. The molecule has 4 heteroatoms. The highest BCUT2D eigenvalue weighted by Crippen LogP contribution is 2.39. The third-order valence-corrected chi connectivity index (χ3v) is 3.69. The van der Waals surface area contributed by atoms with Crippen molar-refractivity contribution in [1.82, 2.24) is 5.32 Å². The van der Waals surface area contributed by atoms with Crippen LogP contribution in [-0.4, -0.2) is 6.54 Å². The van der Waals surface area contributed by atoms with Crippen LogP contribution in [0.4, 0.5) is 13.2 Å². The Morgan fingerprint density at radius 3 is 2.47 bits per heavy atom. The van der Waals surface area contributed by atoms with Gasteiger partial charge in [-0.2, -0.15) is 13.2 Å². The Bertz CT molecular complexity index is 436. The van der Waals surface area contributed by atoms with Crippen LogP contribution in [0.3, 0.4) is 0 Å². The van der Waals surface area contributed by atoms with E-state index in [-0.39, 0.29) is 6.04 Å². The average Bonchev–Trinajstić information content (AvgIpc) is 3.11. The molecule has 1 N–H and O–H groups in total. The summed E-state index contributed by atoms with van der Waals surface area (Å²) in [5.41, 5.74) is 1.17. The van der Waals surface area contributed by atoms with Gasteiger partial charge in [-0.25, -0.2) is 0 Å². The van der Waals surface area contributed by atoms with Gasteiger partial charge in [0.15, 0.2) is 0 Å². The van der Waals surface area contributed by atoms with E-state index in [2.05, 4.69) is 5.32 Å². The lowest BCUT2D eigenvalue weighted by Gasteiger charge is -2.21. The maximum Gasteiger partial charge on any atom is 0.416 e. The topological polar surface area (TPSA) is 12.0 Å². The van der Waals surface area contributed by atoms with E-state index in [1.165, 1.54) is 25.0 Å². The van der Waals surface area contributed by atoms with E-state index in [4.69, 9.17) is 0 Å². The fourth-order valence-electron chi connectivity index (χ4n) is 2.50. The van der Waals surface area contributed by atoms with Gasteiger partial charge in [0.05, 0.1) is 5.56 Å². The van der Waals surface area contributed by atoms with E-state index >= 15 is 0 Å². The van der Waals surface area contributed by atoms with Crippen LogP contribution >= 0.6 is 0 Å². The minimum absolute atomic E-state index is 0.180. The first-order valence-corrected chi connectivity index (χ1v) is 6.83. The zero-order valence-electron chi connectivity index (χ0n) is 11.3. The largest absolute Gasteiger partial charge is 0.416 e. The highest BCUT2D eigenvalue weighted by atomic mass is 19.4. The third kappa shape index (κ3) is 3.72. The van der Waals surface area contributed by atoms with Crippen LogP contribution in [0, 0.1) is 12.8 Å². The molecule has 0 bridgehead atoms. The Kier molecular flexibility index (Phi) is 4.19. The third-order valence-electron chi connectivity index (χ3n) is 3.69. The van der Waals surface area contributed by atoms with E-state index in [9.17, 15) is 13.2 Å². The van der Waals surface area contributed by atoms with Crippen molar-refractivity contribution < 1.29 is 13.2 Å². The van der Waals surface area contributed by atoms with Crippen molar-refractivity contribution in [1.29, 1.82) is 0 Å². The molecule has 0 aromatic heterocycles. The van der Waals surface area contributed by atoms with E-state index in [1.54, 1.807) is 13.0 Å². The van der Waals surface area contributed by atoms with Gasteiger partial charge in [-0.15, -0.1) is 0 Å². The molecule has 1 saturated carbocycles. The number of alkyl halides is 3. The zero-order valence-corrected chi connectivity index (χ0v) is 11.3. The Hall–Kier alpha value is -1.03. The van der Waals surface area contributed by atoms with Crippen molar-refractivity contribution in [2.45, 2.75) is 45.3 Å². The molecule has 0 heterocycles. The van der Waals surface area contributed by atoms with Gasteiger partial charge in [0.2, 0.25) is 0 Å². The highest BCUT2D eigenvalue weighted by Gasteiger charge is 2.32. The summed E-state index contributed by atoms with van der Waals surface area (Å²) < 4.78 is 38.0. The molecule has 0 amide bonds. The van der Waals surface area contributed by atoms with Gasteiger partial charge < -0.3 is 5.32 Å². The number of nitrogens with one attached hydrogen (secondary N) is 1. The SMILES string of the molecule is CCNC(CC1CC1)c1ccc(C(F)(F)F)cc1C. The smallest absolute Gasteiger partial charge is 0.310 e. The van der Waals surface area contributed by atoms with E-state index in [1.807, 2.05) is 6.92 Å². The first-order valence-electron chi connectivity index (χ1n) is 6.83. The second kappa shape index (κ2) is 5.53. The molecule has 1 unspecified atom stereocenters. The predicted molar refractivity (Wildman–Crippen MR) is 69.9 cm³/mol. The lowest BCUT2D eigenvalue weighted by atomic mass is 9.95. The van der Waals surface area contributed by atoms with Crippen molar-refractivity contribution >= 4 is 0 Å². The van der Waals surface area contributed by atoms with E-state index < -0.39 is 11.7 Å². The normalized spacial score (nSPS) is 17.5. The number of rotatable bonds is 5. The van der Waals surface area contributed by atoms with Crippen LogP contribution in [0.25, 0.3) is 0 Å². The summed E-state index contributed by atoms with van der Waals surface area (Å²) >= 11 is 0. The van der Waals surface area contributed by atoms with E-state index in [0.717, 1.165) is 30.0 Å². The summed E-state index contributed by atoms with van der Waals surface area (Å²) in [7, 11) is 0. The summed E-state index contributed by atoms with van der Waals surface area (Å²) in [6.07, 6.45) is -0.726. The van der Waals surface area contributed by atoms with Crippen LogP contribution in [0.2, 0.25) is 0 Å². The second-order valence-corrected chi connectivity index (χ2v) is 5.36. The lowest BCUT2D eigenvalue weighted by molar-refractivity contribution is -0.137. The van der Waals surface area contributed by atoms with Crippen LogP contribution in [0.1, 0.15) is 48.9 Å². The molecule has 1 aromatic rings. The van der Waals surface area contributed by atoms with E-state index in [0.29, 0.717) is 0 Å². The molecule has 2 rings (SSSR count). The molecule has 106 valence electrons. The Balaban J connectivity index is 2.21. The maximum absolute atomic E-state index is 12.7. The molecule has 1 aliphatic carbocycles. The lowest BCUT2D eigenvalue weighted by Crippen LogP contribution is -2.22. The van der Waals surface area contributed by atoms with Gasteiger partial charge in [-0.3, -0.25) is 0 Å². The van der Waals surface area contributed by atoms with Gasteiger partial charge in [0.25, 0.3) is 0 Å². The standard InChI is InChI=1S/C15H20F3N/c1-3-19-14(9-11-4-5-11)13-7-6-12(8-10(13)2)15(16,17)18/h6-8,11,14,19H,3-5,9H2,1-2H3. The Morgan fingerprint density at radius 2 is 2.00 bits per heavy atom. The van der Waals surface area contributed by atoms with Crippen LogP contribution in [-0.2, 0) is 6.18 Å². The number of benzene rings is 1. The maximum atomic E-state index is 12.7. The van der Waals surface area contributed by atoms with Crippen LogP contribution in [0.15, 0.2) is 18.2 Å². The average molecular weight is 271 g/mol. The van der Waals surface area contributed by atoms with Gasteiger partial charge >= 0.3 is 6.18 Å².